The molecule has 1 saturated carbocycles. The van der Waals surface area contributed by atoms with E-state index in [4.69, 9.17) is 11.6 Å². The zero-order valence-electron chi connectivity index (χ0n) is 12.1. The lowest BCUT2D eigenvalue weighted by atomic mass is 9.85. The molecular formula is C16H25ClN2. The molecule has 1 aromatic carbocycles. The molecule has 0 amide bonds. The number of hydrogen-bond donors (Lipinski definition) is 1. The molecule has 1 aliphatic carbocycles. The summed E-state index contributed by atoms with van der Waals surface area (Å²) in [6.07, 6.45) is 4.16. The monoisotopic (exact) mass is 280 g/mol. The van der Waals surface area contributed by atoms with E-state index in [2.05, 4.69) is 42.3 Å². The van der Waals surface area contributed by atoms with E-state index in [1.807, 2.05) is 0 Å². The van der Waals surface area contributed by atoms with Crippen LogP contribution in [0.5, 0.6) is 0 Å². The van der Waals surface area contributed by atoms with Crippen molar-refractivity contribution in [1.29, 1.82) is 0 Å². The van der Waals surface area contributed by atoms with Gasteiger partial charge < -0.3 is 10.2 Å². The fourth-order valence-corrected chi connectivity index (χ4v) is 2.89. The van der Waals surface area contributed by atoms with Gasteiger partial charge in [0.25, 0.3) is 0 Å². The molecule has 3 heteroatoms. The smallest absolute Gasteiger partial charge is 0.0642 e. The lowest BCUT2D eigenvalue weighted by Gasteiger charge is -2.33. The summed E-state index contributed by atoms with van der Waals surface area (Å²) in [7, 11) is 0. The molecule has 1 N–H and O–H groups in total. The van der Waals surface area contributed by atoms with Gasteiger partial charge >= 0.3 is 0 Å². The van der Waals surface area contributed by atoms with E-state index in [1.54, 1.807) is 0 Å². The second kappa shape index (κ2) is 7.16. The Labute approximate surface area is 122 Å². The second-order valence-corrected chi connectivity index (χ2v) is 5.81. The summed E-state index contributed by atoms with van der Waals surface area (Å²) in [6, 6.07) is 6.47. The number of hydrogen-bond acceptors (Lipinski definition) is 2. The van der Waals surface area contributed by atoms with Crippen LogP contribution in [0, 0.1) is 5.92 Å². The molecular weight excluding hydrogens is 256 g/mol. The van der Waals surface area contributed by atoms with Crippen molar-refractivity contribution in [3.8, 4) is 0 Å². The Hall–Kier alpha value is -0.730. The molecule has 0 radical (unpaired) electrons. The Morgan fingerprint density at radius 2 is 2.11 bits per heavy atom. The van der Waals surface area contributed by atoms with Crippen LogP contribution in [0.25, 0.3) is 0 Å². The number of nitrogens with one attached hydrogen (secondary N) is 1. The summed E-state index contributed by atoms with van der Waals surface area (Å²) in [5.41, 5.74) is 2.45. The van der Waals surface area contributed by atoms with Crippen LogP contribution in [0.15, 0.2) is 18.2 Å². The van der Waals surface area contributed by atoms with Gasteiger partial charge in [0.05, 0.1) is 10.7 Å². The Bertz CT molecular complexity index is 402. The van der Waals surface area contributed by atoms with Crippen molar-refractivity contribution in [2.75, 3.05) is 24.5 Å². The Morgan fingerprint density at radius 3 is 2.63 bits per heavy atom. The molecule has 0 unspecified atom stereocenters. The van der Waals surface area contributed by atoms with E-state index >= 15 is 0 Å². The minimum Gasteiger partial charge on any atom is -0.370 e. The van der Waals surface area contributed by atoms with Gasteiger partial charge in [0.15, 0.2) is 0 Å². The summed E-state index contributed by atoms with van der Waals surface area (Å²) >= 11 is 6.46. The van der Waals surface area contributed by atoms with E-state index in [-0.39, 0.29) is 0 Å². The molecule has 0 atom stereocenters. The van der Waals surface area contributed by atoms with Gasteiger partial charge in [-0.3, -0.25) is 0 Å². The Morgan fingerprint density at radius 1 is 1.32 bits per heavy atom. The fraction of sp³-hybridized carbons (Fsp3) is 0.625. The Balaban J connectivity index is 2.04. The number of halogens is 1. The highest BCUT2D eigenvalue weighted by molar-refractivity contribution is 6.33. The van der Waals surface area contributed by atoms with Gasteiger partial charge in [0.2, 0.25) is 0 Å². The molecule has 0 bridgehead atoms. The van der Waals surface area contributed by atoms with Crippen molar-refractivity contribution < 1.29 is 0 Å². The highest BCUT2D eigenvalue weighted by atomic mass is 35.5. The molecule has 1 aromatic rings. The molecule has 0 heterocycles. The molecule has 2 nitrogen and oxygen atoms in total. The average molecular weight is 281 g/mol. The standard InChI is InChI=1S/C16H25ClN2/c1-3-18-11-14-8-9-16(15(17)10-14)19(4-2)12-13-6-5-7-13/h8-10,13,18H,3-7,11-12H2,1-2H3. The summed E-state index contributed by atoms with van der Waals surface area (Å²) in [6.45, 7) is 8.40. The van der Waals surface area contributed by atoms with E-state index < -0.39 is 0 Å². The van der Waals surface area contributed by atoms with Crippen LogP contribution < -0.4 is 10.2 Å². The summed E-state index contributed by atoms with van der Waals surface area (Å²) in [5.74, 6) is 0.873. The lowest BCUT2D eigenvalue weighted by Crippen LogP contribution is -2.32. The topological polar surface area (TPSA) is 15.3 Å². The van der Waals surface area contributed by atoms with Crippen LogP contribution in [0.3, 0.4) is 0 Å². The van der Waals surface area contributed by atoms with Gasteiger partial charge in [-0.15, -0.1) is 0 Å². The zero-order valence-corrected chi connectivity index (χ0v) is 12.8. The fourth-order valence-electron chi connectivity index (χ4n) is 2.57. The normalized spacial score (nSPS) is 15.3. The molecule has 106 valence electrons. The van der Waals surface area contributed by atoms with Crippen molar-refractivity contribution in [2.45, 2.75) is 39.7 Å². The van der Waals surface area contributed by atoms with Gasteiger partial charge in [-0.2, -0.15) is 0 Å². The average Bonchev–Trinajstić information content (AvgIpc) is 2.36. The maximum Gasteiger partial charge on any atom is 0.0642 e. The number of benzene rings is 1. The minimum absolute atomic E-state index is 0.873. The van der Waals surface area contributed by atoms with Crippen LogP contribution in [-0.4, -0.2) is 19.6 Å². The van der Waals surface area contributed by atoms with Crippen molar-refractivity contribution in [2.24, 2.45) is 5.92 Å². The first-order valence-electron chi connectivity index (χ1n) is 7.48. The van der Waals surface area contributed by atoms with Crippen LogP contribution >= 0.6 is 11.6 Å². The SMILES string of the molecule is CCNCc1ccc(N(CC)CC2CCC2)c(Cl)c1. The zero-order chi connectivity index (χ0) is 13.7. The molecule has 0 aromatic heterocycles. The molecule has 1 fully saturated rings. The lowest BCUT2D eigenvalue weighted by molar-refractivity contribution is 0.318. The first-order valence-corrected chi connectivity index (χ1v) is 7.86. The largest absolute Gasteiger partial charge is 0.370 e. The summed E-state index contributed by atoms with van der Waals surface area (Å²) in [4.78, 5) is 2.42. The quantitative estimate of drug-likeness (QED) is 0.810. The molecule has 0 saturated heterocycles. The minimum atomic E-state index is 0.873. The van der Waals surface area contributed by atoms with Crippen molar-refractivity contribution in [3.63, 3.8) is 0 Å². The van der Waals surface area contributed by atoms with E-state index in [0.29, 0.717) is 0 Å². The third-order valence-corrected chi connectivity index (χ3v) is 4.32. The maximum atomic E-state index is 6.46. The molecule has 0 aliphatic heterocycles. The van der Waals surface area contributed by atoms with Gasteiger partial charge in [-0.05, 0) is 49.9 Å². The molecule has 19 heavy (non-hydrogen) atoms. The van der Waals surface area contributed by atoms with Gasteiger partial charge in [-0.1, -0.05) is 31.0 Å². The summed E-state index contributed by atoms with van der Waals surface area (Å²) in [5, 5.41) is 4.22. The van der Waals surface area contributed by atoms with Crippen molar-refractivity contribution in [1.82, 2.24) is 5.32 Å². The third-order valence-electron chi connectivity index (χ3n) is 4.02. The predicted molar refractivity (Wildman–Crippen MR) is 84.1 cm³/mol. The maximum absolute atomic E-state index is 6.46. The first kappa shape index (κ1) is 14.7. The van der Waals surface area contributed by atoms with Gasteiger partial charge in [0, 0.05) is 19.6 Å². The van der Waals surface area contributed by atoms with Crippen LogP contribution in [0.1, 0.15) is 38.7 Å². The van der Waals surface area contributed by atoms with E-state index in [1.165, 1.54) is 30.5 Å². The molecule has 0 spiro atoms. The molecule has 2 rings (SSSR count). The highest BCUT2D eigenvalue weighted by Gasteiger charge is 2.21. The van der Waals surface area contributed by atoms with Crippen LogP contribution in [0.2, 0.25) is 5.02 Å². The van der Waals surface area contributed by atoms with Crippen molar-refractivity contribution >= 4 is 17.3 Å². The number of nitrogens with zero attached hydrogens (tertiary/aromatic N) is 1. The number of rotatable bonds is 7. The Kier molecular flexibility index (Phi) is 5.53. The van der Waals surface area contributed by atoms with E-state index in [9.17, 15) is 0 Å². The third kappa shape index (κ3) is 3.87. The van der Waals surface area contributed by atoms with Gasteiger partial charge in [0.1, 0.15) is 0 Å². The van der Waals surface area contributed by atoms with E-state index in [0.717, 1.165) is 37.1 Å². The van der Waals surface area contributed by atoms with Gasteiger partial charge in [-0.25, -0.2) is 0 Å². The summed E-state index contributed by atoms with van der Waals surface area (Å²) < 4.78 is 0. The highest BCUT2D eigenvalue weighted by Crippen LogP contribution is 2.32. The van der Waals surface area contributed by atoms with Crippen molar-refractivity contribution in [3.05, 3.63) is 28.8 Å². The number of anilines is 1. The van der Waals surface area contributed by atoms with Crippen LogP contribution in [-0.2, 0) is 6.54 Å². The van der Waals surface area contributed by atoms with Crippen LogP contribution in [0.4, 0.5) is 5.69 Å². The predicted octanol–water partition coefficient (Wildman–Crippen LogP) is 4.08. The first-order chi connectivity index (χ1) is 9.24. The molecule has 1 aliphatic rings. The second-order valence-electron chi connectivity index (χ2n) is 5.40.